The summed E-state index contributed by atoms with van der Waals surface area (Å²) in [6.45, 7) is 1.07. The van der Waals surface area contributed by atoms with Gasteiger partial charge in [-0.1, -0.05) is 30.3 Å². The second-order valence-electron chi connectivity index (χ2n) is 8.89. The number of rotatable bonds is 5. The van der Waals surface area contributed by atoms with Gasteiger partial charge < -0.3 is 14.8 Å². The normalized spacial score (nSPS) is 16.3. The molecule has 0 radical (unpaired) electrons. The summed E-state index contributed by atoms with van der Waals surface area (Å²) in [6, 6.07) is 29.1. The van der Waals surface area contributed by atoms with Crippen molar-refractivity contribution in [2.75, 3.05) is 23.5 Å². The maximum Gasteiger partial charge on any atom is 0.255 e. The van der Waals surface area contributed by atoms with Crippen LogP contribution in [0.2, 0.25) is 0 Å². The van der Waals surface area contributed by atoms with Crippen molar-refractivity contribution >= 4 is 23.0 Å². The first-order valence-electron chi connectivity index (χ1n) is 12.1. The molecule has 0 aromatic heterocycles. The van der Waals surface area contributed by atoms with Crippen molar-refractivity contribution in [3.63, 3.8) is 0 Å². The predicted molar refractivity (Wildman–Crippen MR) is 141 cm³/mol. The molecule has 184 valence electrons. The lowest BCUT2D eigenvalue weighted by Crippen LogP contribution is -2.19. The number of carbonyl (C=O) groups excluding carboxylic acids is 1. The molecule has 1 unspecified atom stereocenters. The highest BCUT2D eigenvalue weighted by Gasteiger charge is 2.30. The fourth-order valence-electron chi connectivity index (χ4n) is 4.61. The summed E-state index contributed by atoms with van der Waals surface area (Å²) in [5.74, 6) is 0.799. The van der Waals surface area contributed by atoms with E-state index in [1.807, 2.05) is 77.8 Å². The number of anilines is 2. The molecule has 1 atom stereocenters. The molecule has 0 spiro atoms. The second kappa shape index (κ2) is 9.78. The topological polar surface area (TPSA) is 63.2 Å². The van der Waals surface area contributed by atoms with Gasteiger partial charge in [0.1, 0.15) is 19.0 Å². The van der Waals surface area contributed by atoms with E-state index in [2.05, 4.69) is 5.32 Å². The summed E-state index contributed by atoms with van der Waals surface area (Å²) in [4.78, 5) is 12.7. The van der Waals surface area contributed by atoms with Crippen molar-refractivity contribution in [1.29, 1.82) is 0 Å². The number of fused-ring (bicyclic) bond motifs is 1. The molecule has 7 heteroatoms. The van der Waals surface area contributed by atoms with E-state index in [0.29, 0.717) is 30.9 Å². The predicted octanol–water partition coefficient (Wildman–Crippen LogP) is 6.20. The van der Waals surface area contributed by atoms with Crippen LogP contribution in [0.1, 0.15) is 33.9 Å². The number of carbonyl (C=O) groups is 1. The van der Waals surface area contributed by atoms with Gasteiger partial charge in [0.15, 0.2) is 11.5 Å². The summed E-state index contributed by atoms with van der Waals surface area (Å²) < 4.78 is 24.7. The van der Waals surface area contributed by atoms with Gasteiger partial charge in [-0.3, -0.25) is 9.80 Å². The minimum Gasteiger partial charge on any atom is -0.486 e. The monoisotopic (exact) mass is 493 g/mol. The second-order valence-corrected chi connectivity index (χ2v) is 8.89. The van der Waals surface area contributed by atoms with E-state index < -0.39 is 0 Å². The highest BCUT2D eigenvalue weighted by Crippen LogP contribution is 2.39. The Bertz CT molecular complexity index is 1470. The molecule has 2 aliphatic rings. The van der Waals surface area contributed by atoms with Crippen LogP contribution in [-0.4, -0.2) is 24.8 Å². The van der Waals surface area contributed by atoms with E-state index >= 15 is 0 Å². The lowest BCUT2D eigenvalue weighted by molar-refractivity contribution is 0.102. The summed E-state index contributed by atoms with van der Waals surface area (Å²) >= 11 is 0. The molecule has 4 aromatic rings. The third-order valence-electron chi connectivity index (χ3n) is 6.44. The van der Waals surface area contributed by atoms with Gasteiger partial charge in [0.05, 0.1) is 17.4 Å². The van der Waals surface area contributed by atoms with Gasteiger partial charge in [-0.15, -0.1) is 0 Å². The Morgan fingerprint density at radius 2 is 1.65 bits per heavy atom. The lowest BCUT2D eigenvalue weighted by Gasteiger charge is -2.24. The van der Waals surface area contributed by atoms with Crippen molar-refractivity contribution in [3.05, 3.63) is 120 Å². The number of nitrogens with one attached hydrogen (secondary N) is 1. The largest absolute Gasteiger partial charge is 0.486 e. The first-order valence-corrected chi connectivity index (χ1v) is 12.1. The van der Waals surface area contributed by atoms with Crippen LogP contribution >= 0.6 is 0 Å². The van der Waals surface area contributed by atoms with Gasteiger partial charge in [0.2, 0.25) is 0 Å². The third kappa shape index (κ3) is 4.76. The number of halogens is 1. The van der Waals surface area contributed by atoms with Crippen LogP contribution in [0.5, 0.6) is 11.5 Å². The van der Waals surface area contributed by atoms with E-state index in [4.69, 9.17) is 14.6 Å². The number of amides is 1. The average Bonchev–Trinajstić information content (AvgIpc) is 3.39. The van der Waals surface area contributed by atoms with Crippen LogP contribution < -0.4 is 19.8 Å². The zero-order chi connectivity index (χ0) is 25.2. The quantitative estimate of drug-likeness (QED) is 0.359. The zero-order valence-electron chi connectivity index (χ0n) is 19.9. The summed E-state index contributed by atoms with van der Waals surface area (Å²) in [5, 5.41) is 9.96. The Balaban J connectivity index is 1.30. The molecule has 0 aliphatic carbocycles. The van der Waals surface area contributed by atoms with Crippen LogP contribution in [0.3, 0.4) is 0 Å². The molecule has 6 rings (SSSR count). The molecule has 0 fully saturated rings. The summed E-state index contributed by atoms with van der Waals surface area (Å²) in [7, 11) is 0. The minimum atomic E-state index is -0.380. The molecular weight excluding hydrogens is 469 g/mol. The van der Waals surface area contributed by atoms with Crippen molar-refractivity contribution < 1.29 is 18.7 Å². The molecule has 6 nitrogen and oxygen atoms in total. The van der Waals surface area contributed by atoms with Crippen LogP contribution in [0.15, 0.2) is 102 Å². The third-order valence-corrected chi connectivity index (χ3v) is 6.44. The molecule has 1 N–H and O–H groups in total. The Kier molecular flexibility index (Phi) is 6.02. The Morgan fingerprint density at radius 1 is 0.865 bits per heavy atom. The van der Waals surface area contributed by atoms with E-state index in [1.165, 1.54) is 24.3 Å². The van der Waals surface area contributed by atoms with Gasteiger partial charge in [-0.2, -0.15) is 5.10 Å². The number of hydrogen-bond donors (Lipinski definition) is 1. The van der Waals surface area contributed by atoms with Crippen molar-refractivity contribution in [1.82, 2.24) is 0 Å². The minimum absolute atomic E-state index is 0.0757. The molecule has 0 bridgehead atoms. The Hall–Kier alpha value is -4.65. The zero-order valence-corrected chi connectivity index (χ0v) is 19.9. The molecule has 0 saturated heterocycles. The smallest absolute Gasteiger partial charge is 0.255 e. The van der Waals surface area contributed by atoms with Crippen molar-refractivity contribution in [3.8, 4) is 11.5 Å². The maximum atomic E-state index is 13.3. The fourth-order valence-corrected chi connectivity index (χ4v) is 4.61. The number of para-hydroxylation sites is 1. The Morgan fingerprint density at radius 3 is 2.46 bits per heavy atom. The van der Waals surface area contributed by atoms with Crippen molar-refractivity contribution in [2.45, 2.75) is 12.5 Å². The van der Waals surface area contributed by atoms with Crippen LogP contribution in [-0.2, 0) is 0 Å². The van der Waals surface area contributed by atoms with Gasteiger partial charge in [0.25, 0.3) is 5.91 Å². The molecule has 37 heavy (non-hydrogen) atoms. The molecule has 2 heterocycles. The number of nitrogens with zero attached hydrogens (tertiary/aromatic N) is 2. The van der Waals surface area contributed by atoms with Gasteiger partial charge in [0, 0.05) is 23.2 Å². The van der Waals surface area contributed by atoms with Gasteiger partial charge in [-0.05, 0) is 72.3 Å². The maximum absolute atomic E-state index is 13.3. The van der Waals surface area contributed by atoms with Crippen LogP contribution in [0.25, 0.3) is 0 Å². The van der Waals surface area contributed by atoms with E-state index in [9.17, 15) is 9.18 Å². The molecule has 1 amide bonds. The van der Waals surface area contributed by atoms with Gasteiger partial charge >= 0.3 is 0 Å². The number of ether oxygens (including phenoxy) is 2. The van der Waals surface area contributed by atoms with E-state index in [0.717, 1.165) is 34.0 Å². The van der Waals surface area contributed by atoms with Crippen molar-refractivity contribution in [2.24, 2.45) is 5.10 Å². The summed E-state index contributed by atoms with van der Waals surface area (Å²) in [6.07, 6.45) is 0.671. The fraction of sp³-hybridized carbons (Fsp3) is 0.133. The highest BCUT2D eigenvalue weighted by molar-refractivity contribution is 6.05. The first-order chi connectivity index (χ1) is 18.1. The Labute approximate surface area is 214 Å². The first kappa shape index (κ1) is 22.8. The molecule has 0 saturated carbocycles. The van der Waals surface area contributed by atoms with E-state index in [-0.39, 0.29) is 17.8 Å². The number of benzene rings is 4. The molecular formula is C30H24FN3O3. The average molecular weight is 494 g/mol. The highest BCUT2D eigenvalue weighted by atomic mass is 19.1. The SMILES string of the molecule is O=C(Nc1cccc(C2CC(c3ccc4c(c3)OCCO4)=NN2c2ccccc2)c1)c1ccc(F)cc1. The van der Waals surface area contributed by atoms with Crippen LogP contribution in [0, 0.1) is 5.82 Å². The lowest BCUT2D eigenvalue weighted by atomic mass is 9.97. The van der Waals surface area contributed by atoms with Gasteiger partial charge in [-0.25, -0.2) is 4.39 Å². The molecule has 2 aliphatic heterocycles. The standard InChI is InChI=1S/C30H24FN3O3/c31-23-12-9-20(10-13-23)30(35)32-24-6-4-5-22(17-24)27-19-26(33-34(27)25-7-2-1-3-8-25)21-11-14-28-29(18-21)37-16-15-36-28/h1-14,17-18,27H,15-16,19H2,(H,32,35). The number of hydrazone groups is 1. The summed E-state index contributed by atoms with van der Waals surface area (Å²) in [5.41, 5.74) is 4.95. The number of hydrogen-bond acceptors (Lipinski definition) is 5. The van der Waals surface area contributed by atoms with E-state index in [1.54, 1.807) is 0 Å². The molecule has 4 aromatic carbocycles. The van der Waals surface area contributed by atoms with Crippen LogP contribution in [0.4, 0.5) is 15.8 Å².